The summed E-state index contributed by atoms with van der Waals surface area (Å²) in [6, 6.07) is 10.5. The van der Waals surface area contributed by atoms with Crippen LogP contribution in [0.5, 0.6) is 23.0 Å². The molecule has 0 radical (unpaired) electrons. The van der Waals surface area contributed by atoms with Gasteiger partial charge in [-0.1, -0.05) is 33.1 Å². The van der Waals surface area contributed by atoms with Gasteiger partial charge in [0.1, 0.15) is 20.4 Å². The van der Waals surface area contributed by atoms with Crippen LogP contribution in [0.4, 0.5) is 0 Å². The van der Waals surface area contributed by atoms with Crippen molar-refractivity contribution in [3.63, 3.8) is 0 Å². The van der Waals surface area contributed by atoms with Crippen LogP contribution in [-0.4, -0.2) is 21.7 Å². The first-order chi connectivity index (χ1) is 13.8. The molecule has 33 heavy (non-hydrogen) atoms. The molecule has 0 unspecified atom stereocenters. The van der Waals surface area contributed by atoms with Gasteiger partial charge in [0.05, 0.1) is 25.6 Å². The van der Waals surface area contributed by atoms with E-state index in [2.05, 4.69) is 63.7 Å². The van der Waals surface area contributed by atoms with Gasteiger partial charge in [0.2, 0.25) is 0 Å². The van der Waals surface area contributed by atoms with Gasteiger partial charge in [0.25, 0.3) is 0 Å². The predicted octanol–water partition coefficient (Wildman–Crippen LogP) is 7.99. The fourth-order valence-corrected chi connectivity index (χ4v) is 6.17. The lowest BCUT2D eigenvalue weighted by molar-refractivity contribution is 0.0222. The van der Waals surface area contributed by atoms with E-state index in [9.17, 15) is 15.0 Å². The molecule has 3 aromatic carbocycles. The van der Waals surface area contributed by atoms with Crippen LogP contribution in [0.2, 0.25) is 0 Å². The van der Waals surface area contributed by atoms with Gasteiger partial charge in [-0.15, -0.1) is 17.0 Å². The fraction of sp³-hybridized carbons (Fsp3) is 0.136. The lowest BCUT2D eigenvalue weighted by atomic mass is 9.77. The molecule has 2 aliphatic heterocycles. The third-order valence-electron chi connectivity index (χ3n) is 5.03. The van der Waals surface area contributed by atoms with E-state index in [4.69, 9.17) is 9.47 Å². The number of carbonyl (C=O) groups is 1. The van der Waals surface area contributed by atoms with Crippen LogP contribution in [0, 0.1) is 0 Å². The van der Waals surface area contributed by atoms with E-state index in [1.165, 1.54) is 0 Å². The fourth-order valence-electron chi connectivity index (χ4n) is 3.77. The molecule has 0 amide bonds. The summed E-state index contributed by atoms with van der Waals surface area (Å²) in [7, 11) is 0. The van der Waals surface area contributed by atoms with E-state index in [1.54, 1.807) is 24.3 Å². The minimum Gasteiger partial charge on any atom is -0.505 e. The van der Waals surface area contributed by atoms with E-state index in [0.29, 0.717) is 40.1 Å². The summed E-state index contributed by atoms with van der Waals surface area (Å²) < 4.78 is 13.6. The van der Waals surface area contributed by atoms with E-state index in [-0.39, 0.29) is 61.7 Å². The van der Waals surface area contributed by atoms with Crippen molar-refractivity contribution in [2.45, 2.75) is 20.5 Å². The molecule has 6 nitrogen and oxygen atoms in total. The van der Waals surface area contributed by atoms with Crippen molar-refractivity contribution < 1.29 is 31.4 Å². The van der Waals surface area contributed by atoms with Gasteiger partial charge in [0.15, 0.2) is 17.1 Å². The van der Waals surface area contributed by atoms with Crippen LogP contribution in [0.25, 0.3) is 0 Å². The molecular weight excluding hydrogens is 760 g/mol. The molecule has 180 valence electrons. The van der Waals surface area contributed by atoms with Crippen molar-refractivity contribution in [3.8, 4) is 23.0 Å². The van der Waals surface area contributed by atoms with Gasteiger partial charge < -0.3 is 25.2 Å². The number of ether oxygens (including phenoxy) is 2. The summed E-state index contributed by atoms with van der Waals surface area (Å²) in [6.07, 6.45) is 0. The summed E-state index contributed by atoms with van der Waals surface area (Å²) in [5, 5.41) is 20.8. The highest BCUT2D eigenvalue weighted by Crippen LogP contribution is 2.62. The summed E-state index contributed by atoms with van der Waals surface area (Å²) in [4.78, 5) is 12.8. The summed E-state index contributed by atoms with van der Waals surface area (Å²) >= 11 is 13.5. The van der Waals surface area contributed by atoms with Gasteiger partial charge in [0, 0.05) is 6.99 Å². The lowest BCUT2D eigenvalue weighted by Gasteiger charge is -2.37. The largest absolute Gasteiger partial charge is 0.505 e. The number of rotatable bonds is 0. The molecule has 3 aromatic rings. The molecule has 1 spiro atoms. The van der Waals surface area contributed by atoms with E-state index >= 15 is 0 Å². The number of benzene rings is 3. The summed E-state index contributed by atoms with van der Waals surface area (Å²) in [5.41, 5.74) is 0.819. The van der Waals surface area contributed by atoms with Crippen molar-refractivity contribution in [1.29, 1.82) is 0 Å². The number of halogens is 5. The Hall–Kier alpha value is -1.11. The van der Waals surface area contributed by atoms with Crippen LogP contribution < -0.4 is 4.74 Å². The number of phenolic OH excluding ortho intramolecular Hbond substituents is 2. The Kier molecular flexibility index (Phi) is 9.29. The molecule has 0 saturated carbocycles. The van der Waals surface area contributed by atoms with Crippen LogP contribution in [-0.2, 0) is 10.3 Å². The number of carbonyl (C=O) groups excluding carboxylic acids is 1. The van der Waals surface area contributed by atoms with Gasteiger partial charge in [-0.2, -0.15) is 0 Å². The molecule has 4 N–H and O–H groups in total. The second-order valence-corrected chi connectivity index (χ2v) is 9.81. The third kappa shape index (κ3) is 3.94. The van der Waals surface area contributed by atoms with Gasteiger partial charge >= 0.3 is 5.97 Å². The molecule has 0 aromatic heterocycles. The first-order valence-electron chi connectivity index (χ1n) is 8.21. The number of phenols is 2. The third-order valence-corrected chi connectivity index (χ3v) is 7.71. The van der Waals surface area contributed by atoms with Crippen molar-refractivity contribution in [2.24, 2.45) is 0 Å². The van der Waals surface area contributed by atoms with Gasteiger partial charge in [-0.05, 0) is 81.9 Å². The SMILES string of the molecule is Br.C.C.O.O=C1OC2(c3ccccc31)c1cc(Br)c(O)c(Br)c1Oc1c2cc(Br)c(O)c1Br.[HH]. The predicted molar refractivity (Wildman–Crippen MR) is 148 cm³/mol. The molecule has 0 saturated heterocycles. The molecule has 0 bridgehead atoms. The average Bonchev–Trinajstić information content (AvgIpc) is 3.00. The molecule has 0 fully saturated rings. The molecule has 0 atom stereocenters. The highest BCUT2D eigenvalue weighted by atomic mass is 79.9. The first-order valence-corrected chi connectivity index (χ1v) is 11.4. The maximum atomic E-state index is 12.8. The minimum atomic E-state index is -1.33. The quantitative estimate of drug-likeness (QED) is 0.225. The average molecular weight is 781 g/mol. The Morgan fingerprint density at radius 3 is 1.76 bits per heavy atom. The zero-order valence-electron chi connectivity index (χ0n) is 15.0. The Morgan fingerprint density at radius 1 is 0.818 bits per heavy atom. The smallest absolute Gasteiger partial charge is 0.340 e. The second kappa shape index (κ2) is 10.2. The normalized spacial score (nSPS) is 13.5. The topological polar surface area (TPSA) is 107 Å². The highest BCUT2D eigenvalue weighted by molar-refractivity contribution is 9.11. The molecule has 2 aliphatic rings. The lowest BCUT2D eigenvalue weighted by Crippen LogP contribution is -2.33. The number of esters is 1. The number of aromatic hydroxyl groups is 2. The van der Waals surface area contributed by atoms with E-state index in [1.807, 2.05) is 12.1 Å². The van der Waals surface area contributed by atoms with Crippen LogP contribution in [0.3, 0.4) is 0 Å². The number of fused-ring (bicyclic) bond motifs is 6. The van der Waals surface area contributed by atoms with Crippen molar-refractivity contribution in [2.75, 3.05) is 0 Å². The first kappa shape index (κ1) is 29.9. The Morgan fingerprint density at radius 2 is 1.27 bits per heavy atom. The number of hydrogen-bond acceptors (Lipinski definition) is 5. The molecule has 5 rings (SSSR count). The standard InChI is InChI=1S/C20H8Br4O5.2CH4.BrH.H2O.H2/c21-11-5-9-17(13(23)15(11)25)28-18-10(6-12(22)16(26)14(18)24)20(9)8-4-2-1-3-7(8)19(27)29-20;;;;;/h1-6,25-26H;2*1H4;1H;1H2;1H. The molecular formula is C22H21Br5O6. The maximum Gasteiger partial charge on any atom is 0.340 e. The highest BCUT2D eigenvalue weighted by Gasteiger charge is 2.55. The second-order valence-electron chi connectivity index (χ2n) is 6.51. The molecule has 2 heterocycles. The zero-order valence-corrected chi connectivity index (χ0v) is 23.1. The summed E-state index contributed by atoms with van der Waals surface area (Å²) in [6.45, 7) is 0. The van der Waals surface area contributed by atoms with E-state index < -0.39 is 11.6 Å². The Balaban J connectivity index is 0.00000218. The monoisotopic (exact) mass is 776 g/mol. The van der Waals surface area contributed by atoms with E-state index in [0.717, 1.165) is 0 Å². The zero-order chi connectivity index (χ0) is 20.7. The number of hydrogen-bond donors (Lipinski definition) is 2. The van der Waals surface area contributed by atoms with Gasteiger partial charge in [-0.25, -0.2) is 4.79 Å². The van der Waals surface area contributed by atoms with Crippen molar-refractivity contribution >= 4 is 86.7 Å². The Bertz CT molecular complexity index is 1200. The maximum absolute atomic E-state index is 12.8. The van der Waals surface area contributed by atoms with Crippen molar-refractivity contribution in [1.82, 2.24) is 0 Å². The minimum absolute atomic E-state index is 0. The van der Waals surface area contributed by atoms with Crippen molar-refractivity contribution in [3.05, 3.63) is 76.5 Å². The van der Waals surface area contributed by atoms with Crippen LogP contribution in [0.1, 0.15) is 43.3 Å². The summed E-state index contributed by atoms with van der Waals surface area (Å²) in [5.74, 6) is -0.0230. The molecule has 0 aliphatic carbocycles. The Labute approximate surface area is 236 Å². The van der Waals surface area contributed by atoms with Crippen LogP contribution >= 0.6 is 80.7 Å². The molecule has 11 heteroatoms. The van der Waals surface area contributed by atoms with Gasteiger partial charge in [-0.3, -0.25) is 0 Å². The van der Waals surface area contributed by atoms with Crippen LogP contribution in [0.15, 0.2) is 54.3 Å².